The molecule has 0 N–H and O–H groups in total. The van der Waals surface area contributed by atoms with E-state index >= 15 is 0 Å². The highest BCUT2D eigenvalue weighted by atomic mass is 16.6. The Balaban J connectivity index is 4.32. The summed E-state index contributed by atoms with van der Waals surface area (Å²) in [5, 5.41) is 0. The molecule has 0 aliphatic carbocycles. The Kier molecular flexibility index (Phi) is 46.2. The molecule has 0 fully saturated rings. The lowest BCUT2D eigenvalue weighted by Gasteiger charge is -2.18. The van der Waals surface area contributed by atoms with Gasteiger partial charge in [0.25, 0.3) is 0 Å². The number of esters is 3. The van der Waals surface area contributed by atoms with Gasteiger partial charge in [0.2, 0.25) is 0 Å². The first-order valence-corrected chi connectivity index (χ1v) is 26.4. The Labute approximate surface area is 368 Å². The molecular formula is C53H102O6. The van der Waals surface area contributed by atoms with Gasteiger partial charge in [0.1, 0.15) is 13.2 Å². The number of carbonyl (C=O) groups excluding carboxylic acids is 3. The number of hydrogen-bond donors (Lipinski definition) is 0. The molecular weight excluding hydrogens is 733 g/mol. The molecule has 0 aliphatic rings. The van der Waals surface area contributed by atoms with E-state index in [2.05, 4.69) is 27.7 Å². The van der Waals surface area contributed by atoms with Crippen LogP contribution in [0.3, 0.4) is 0 Å². The molecule has 6 heteroatoms. The van der Waals surface area contributed by atoms with E-state index < -0.39 is 6.10 Å². The molecule has 0 rings (SSSR count). The van der Waals surface area contributed by atoms with Gasteiger partial charge in [-0.1, -0.05) is 259 Å². The van der Waals surface area contributed by atoms with Crippen LogP contribution in [-0.2, 0) is 28.6 Å². The fourth-order valence-corrected chi connectivity index (χ4v) is 8.01. The van der Waals surface area contributed by atoms with Gasteiger partial charge in [-0.25, -0.2) is 0 Å². The molecule has 6 nitrogen and oxygen atoms in total. The van der Waals surface area contributed by atoms with Crippen molar-refractivity contribution in [2.24, 2.45) is 5.92 Å². The first-order valence-electron chi connectivity index (χ1n) is 26.4. The van der Waals surface area contributed by atoms with Crippen LogP contribution in [0.2, 0.25) is 0 Å². The lowest BCUT2D eigenvalue weighted by molar-refractivity contribution is -0.167. The highest BCUT2D eigenvalue weighted by Crippen LogP contribution is 2.18. The number of unbranched alkanes of at least 4 members (excludes halogenated alkanes) is 34. The van der Waals surface area contributed by atoms with Gasteiger partial charge in [0.05, 0.1) is 0 Å². The second-order valence-electron chi connectivity index (χ2n) is 18.4. The quantitative estimate of drug-likeness (QED) is 0.0345. The van der Waals surface area contributed by atoms with Crippen molar-refractivity contribution in [2.75, 3.05) is 13.2 Å². The van der Waals surface area contributed by atoms with E-state index in [1.807, 2.05) is 0 Å². The van der Waals surface area contributed by atoms with E-state index in [-0.39, 0.29) is 31.1 Å². The van der Waals surface area contributed by atoms with E-state index in [0.29, 0.717) is 19.3 Å². The molecule has 0 saturated heterocycles. The monoisotopic (exact) mass is 835 g/mol. The zero-order chi connectivity index (χ0) is 43.1. The van der Waals surface area contributed by atoms with Crippen molar-refractivity contribution >= 4 is 17.9 Å². The molecule has 0 saturated carbocycles. The van der Waals surface area contributed by atoms with Crippen molar-refractivity contribution in [3.8, 4) is 0 Å². The summed E-state index contributed by atoms with van der Waals surface area (Å²) in [6.45, 7) is 9.05. The molecule has 0 aromatic heterocycles. The predicted molar refractivity (Wildman–Crippen MR) is 252 cm³/mol. The summed E-state index contributed by atoms with van der Waals surface area (Å²) in [5.41, 5.74) is 0. The maximum Gasteiger partial charge on any atom is 0.306 e. The lowest BCUT2D eigenvalue weighted by atomic mass is 9.99. The minimum absolute atomic E-state index is 0.0626. The van der Waals surface area contributed by atoms with Gasteiger partial charge in [0, 0.05) is 19.3 Å². The van der Waals surface area contributed by atoms with Crippen LogP contribution in [0.4, 0.5) is 0 Å². The van der Waals surface area contributed by atoms with Gasteiger partial charge in [-0.15, -0.1) is 0 Å². The highest BCUT2D eigenvalue weighted by molar-refractivity contribution is 5.71. The third-order valence-corrected chi connectivity index (χ3v) is 12.4. The fourth-order valence-electron chi connectivity index (χ4n) is 8.01. The van der Waals surface area contributed by atoms with Crippen LogP contribution < -0.4 is 0 Å². The van der Waals surface area contributed by atoms with E-state index in [1.165, 1.54) is 193 Å². The number of hydrogen-bond acceptors (Lipinski definition) is 6. The molecule has 0 spiro atoms. The Morgan fingerprint density at radius 2 is 0.593 bits per heavy atom. The summed E-state index contributed by atoms with van der Waals surface area (Å²) in [6.07, 6.45) is 49.3. The van der Waals surface area contributed by atoms with Crippen molar-refractivity contribution in [3.63, 3.8) is 0 Å². The van der Waals surface area contributed by atoms with Crippen LogP contribution in [-0.4, -0.2) is 37.2 Å². The molecule has 0 amide bonds. The standard InChI is InChI=1S/C53H102O6/c1-5-8-10-12-14-16-18-20-22-23-28-32-36-40-44-51(54)57-47-50(59-53(56)46-42-38-34-30-24-21-19-17-15-13-11-9-6-2)48-58-52(55)45-41-37-33-29-26-25-27-31-35-39-43-49(4)7-3/h49-50H,5-48H2,1-4H3/t49?,50-/m0/s1. The van der Waals surface area contributed by atoms with Crippen molar-refractivity contribution in [2.45, 2.75) is 303 Å². The molecule has 0 aromatic rings. The highest BCUT2D eigenvalue weighted by Gasteiger charge is 2.19. The third-order valence-electron chi connectivity index (χ3n) is 12.4. The van der Waals surface area contributed by atoms with Gasteiger partial charge >= 0.3 is 17.9 Å². The van der Waals surface area contributed by atoms with Gasteiger partial charge in [-0.3, -0.25) is 14.4 Å². The Morgan fingerprint density at radius 3 is 0.881 bits per heavy atom. The Hall–Kier alpha value is -1.59. The normalized spacial score (nSPS) is 12.4. The minimum Gasteiger partial charge on any atom is -0.462 e. The third kappa shape index (κ3) is 45.8. The zero-order valence-electron chi connectivity index (χ0n) is 40.2. The number of rotatable bonds is 48. The van der Waals surface area contributed by atoms with E-state index in [1.54, 1.807) is 0 Å². The molecule has 0 aromatic carbocycles. The Morgan fingerprint density at radius 1 is 0.339 bits per heavy atom. The molecule has 0 aliphatic heterocycles. The molecule has 350 valence electrons. The fraction of sp³-hybridized carbons (Fsp3) is 0.943. The average molecular weight is 835 g/mol. The number of ether oxygens (including phenoxy) is 3. The predicted octanol–water partition coefficient (Wildman–Crippen LogP) is 17.1. The minimum atomic E-state index is -0.760. The number of carbonyl (C=O) groups is 3. The van der Waals surface area contributed by atoms with Crippen molar-refractivity contribution in [1.82, 2.24) is 0 Å². The van der Waals surface area contributed by atoms with E-state index in [0.717, 1.165) is 63.7 Å². The molecule has 59 heavy (non-hydrogen) atoms. The maximum absolute atomic E-state index is 12.8. The lowest BCUT2D eigenvalue weighted by Crippen LogP contribution is -2.30. The largest absolute Gasteiger partial charge is 0.462 e. The molecule has 0 radical (unpaired) electrons. The van der Waals surface area contributed by atoms with Crippen molar-refractivity contribution < 1.29 is 28.6 Å². The van der Waals surface area contributed by atoms with E-state index in [9.17, 15) is 14.4 Å². The summed E-state index contributed by atoms with van der Waals surface area (Å²) in [4.78, 5) is 38.0. The smallest absolute Gasteiger partial charge is 0.306 e. The first kappa shape index (κ1) is 57.4. The van der Waals surface area contributed by atoms with Crippen molar-refractivity contribution in [3.05, 3.63) is 0 Å². The SMILES string of the molecule is CCCCCCCCCCCCCCCCC(=O)OC[C@@H](COC(=O)CCCCCCCCCCCCC(C)CC)OC(=O)CCCCCCCCCCCCCCC. The van der Waals surface area contributed by atoms with E-state index in [4.69, 9.17) is 14.2 Å². The van der Waals surface area contributed by atoms with Gasteiger partial charge in [-0.05, 0) is 25.2 Å². The topological polar surface area (TPSA) is 78.9 Å². The average Bonchev–Trinajstić information content (AvgIpc) is 3.23. The summed E-state index contributed by atoms with van der Waals surface area (Å²) in [5.74, 6) is 0.0272. The van der Waals surface area contributed by atoms with Crippen LogP contribution in [0, 0.1) is 5.92 Å². The van der Waals surface area contributed by atoms with Crippen molar-refractivity contribution in [1.29, 1.82) is 0 Å². The van der Waals surface area contributed by atoms with Crippen LogP contribution in [0.25, 0.3) is 0 Å². The summed E-state index contributed by atoms with van der Waals surface area (Å²) < 4.78 is 16.8. The van der Waals surface area contributed by atoms with Crippen LogP contribution in [0.1, 0.15) is 297 Å². The van der Waals surface area contributed by atoms with Gasteiger partial charge < -0.3 is 14.2 Å². The summed E-state index contributed by atoms with van der Waals surface area (Å²) in [6, 6.07) is 0. The summed E-state index contributed by atoms with van der Waals surface area (Å²) >= 11 is 0. The second kappa shape index (κ2) is 47.5. The second-order valence-corrected chi connectivity index (χ2v) is 18.4. The molecule has 2 atom stereocenters. The van der Waals surface area contributed by atoms with Gasteiger partial charge in [-0.2, -0.15) is 0 Å². The maximum atomic E-state index is 12.8. The molecule has 1 unspecified atom stereocenters. The van der Waals surface area contributed by atoms with Crippen LogP contribution in [0.15, 0.2) is 0 Å². The zero-order valence-corrected chi connectivity index (χ0v) is 40.2. The Bertz CT molecular complexity index is 889. The molecule has 0 bridgehead atoms. The van der Waals surface area contributed by atoms with Crippen LogP contribution in [0.5, 0.6) is 0 Å². The first-order chi connectivity index (χ1) is 28.9. The molecule has 0 heterocycles. The summed E-state index contributed by atoms with van der Waals surface area (Å²) in [7, 11) is 0. The van der Waals surface area contributed by atoms with Crippen LogP contribution >= 0.6 is 0 Å². The van der Waals surface area contributed by atoms with Gasteiger partial charge in [0.15, 0.2) is 6.10 Å².